The van der Waals surface area contributed by atoms with Gasteiger partial charge in [-0.05, 0) is 23.3 Å². The van der Waals surface area contributed by atoms with E-state index in [1.165, 1.54) is 4.88 Å². The van der Waals surface area contributed by atoms with E-state index >= 15 is 0 Å². The Morgan fingerprint density at radius 1 is 1.50 bits per heavy atom. The Morgan fingerprint density at radius 3 is 3.04 bits per heavy atom. The number of hydrogen-bond donors (Lipinski definition) is 1. The van der Waals surface area contributed by atoms with E-state index in [2.05, 4.69) is 36.4 Å². The predicted octanol–water partition coefficient (Wildman–Crippen LogP) is 2.57. The summed E-state index contributed by atoms with van der Waals surface area (Å²) in [7, 11) is 0. The van der Waals surface area contributed by atoms with Crippen LogP contribution in [-0.4, -0.2) is 40.2 Å². The summed E-state index contributed by atoms with van der Waals surface area (Å²) in [6, 6.07) is 4.04. The molecule has 0 aromatic carbocycles. The first kappa shape index (κ1) is 17.1. The number of thiophene rings is 1. The van der Waals surface area contributed by atoms with E-state index in [4.69, 9.17) is 4.74 Å². The Bertz CT molecular complexity index is 675. The van der Waals surface area contributed by atoms with Gasteiger partial charge in [0.05, 0.1) is 18.8 Å². The quantitative estimate of drug-likeness (QED) is 0.902. The predicted molar refractivity (Wildman–Crippen MR) is 93.1 cm³/mol. The summed E-state index contributed by atoms with van der Waals surface area (Å²) in [5.41, 5.74) is 0.438. The van der Waals surface area contributed by atoms with E-state index in [1.54, 1.807) is 22.2 Å². The van der Waals surface area contributed by atoms with Crippen LogP contribution in [0.3, 0.4) is 0 Å². The maximum atomic E-state index is 12.3. The van der Waals surface area contributed by atoms with E-state index in [-0.39, 0.29) is 17.4 Å². The third kappa shape index (κ3) is 4.02. The highest BCUT2D eigenvalue weighted by Gasteiger charge is 2.37. The fourth-order valence-electron chi connectivity index (χ4n) is 3.16. The van der Waals surface area contributed by atoms with Crippen LogP contribution in [-0.2, 0) is 11.3 Å². The van der Waals surface area contributed by atoms with E-state index in [0.717, 1.165) is 13.0 Å². The summed E-state index contributed by atoms with van der Waals surface area (Å²) in [4.78, 5) is 13.5. The molecule has 0 unspecified atom stereocenters. The second-order valence-corrected chi connectivity index (χ2v) is 8.33. The van der Waals surface area contributed by atoms with Crippen LogP contribution in [0.4, 0.5) is 0 Å². The van der Waals surface area contributed by atoms with Crippen molar-refractivity contribution in [2.24, 2.45) is 11.3 Å². The minimum atomic E-state index is -0.174. The van der Waals surface area contributed by atoms with Gasteiger partial charge in [0.1, 0.15) is 0 Å². The average Bonchev–Trinajstić information content (AvgIpc) is 3.25. The molecule has 0 saturated carbocycles. The van der Waals surface area contributed by atoms with Crippen LogP contribution in [0, 0.1) is 11.3 Å². The number of ether oxygens (including phenoxy) is 1. The third-order valence-electron chi connectivity index (χ3n) is 4.26. The fraction of sp³-hybridized carbons (Fsp3) is 0.588. The molecule has 1 fully saturated rings. The Kier molecular flexibility index (Phi) is 5.01. The van der Waals surface area contributed by atoms with Crippen molar-refractivity contribution < 1.29 is 9.53 Å². The molecule has 0 spiro atoms. The van der Waals surface area contributed by atoms with Crippen LogP contribution in [0.2, 0.25) is 0 Å². The van der Waals surface area contributed by atoms with Crippen LogP contribution >= 0.6 is 11.3 Å². The van der Waals surface area contributed by atoms with Crippen LogP contribution in [0.1, 0.15) is 42.6 Å². The molecule has 3 rings (SSSR count). The Balaban J connectivity index is 1.55. The number of amides is 1. The van der Waals surface area contributed by atoms with Crippen molar-refractivity contribution in [3.05, 3.63) is 34.3 Å². The lowest BCUT2D eigenvalue weighted by Gasteiger charge is -2.31. The zero-order valence-electron chi connectivity index (χ0n) is 14.4. The molecule has 3 heterocycles. The van der Waals surface area contributed by atoms with Crippen molar-refractivity contribution in [1.29, 1.82) is 0 Å². The number of aromatic nitrogens is 3. The van der Waals surface area contributed by atoms with E-state index in [0.29, 0.717) is 24.7 Å². The maximum absolute atomic E-state index is 12.3. The Labute approximate surface area is 146 Å². The van der Waals surface area contributed by atoms with Gasteiger partial charge in [0.2, 0.25) is 0 Å². The summed E-state index contributed by atoms with van der Waals surface area (Å²) >= 11 is 1.66. The number of carbonyl (C=O) groups is 1. The van der Waals surface area contributed by atoms with Crippen molar-refractivity contribution in [2.45, 2.75) is 39.8 Å². The molecule has 2 atom stereocenters. The lowest BCUT2D eigenvalue weighted by molar-refractivity contribution is 0.00736. The fourth-order valence-corrected chi connectivity index (χ4v) is 3.85. The second kappa shape index (κ2) is 7.03. The van der Waals surface area contributed by atoms with Crippen LogP contribution in [0.5, 0.6) is 0 Å². The smallest absolute Gasteiger partial charge is 0.273 e. The molecule has 130 valence electrons. The molecule has 1 aliphatic rings. The highest BCUT2D eigenvalue weighted by atomic mass is 32.1. The van der Waals surface area contributed by atoms with E-state index in [1.807, 2.05) is 17.5 Å². The number of nitrogens with one attached hydrogen (secondary N) is 1. The first-order valence-electron chi connectivity index (χ1n) is 8.26. The molecular weight excluding hydrogens is 324 g/mol. The highest BCUT2D eigenvalue weighted by Crippen LogP contribution is 2.34. The van der Waals surface area contributed by atoms with Crippen molar-refractivity contribution in [3.63, 3.8) is 0 Å². The molecule has 1 aliphatic heterocycles. The van der Waals surface area contributed by atoms with Gasteiger partial charge in [0.15, 0.2) is 5.69 Å². The zero-order valence-corrected chi connectivity index (χ0v) is 15.2. The molecule has 7 heteroatoms. The largest absolute Gasteiger partial charge is 0.377 e. The SMILES string of the molecule is CC(C)(C)[C@@H]1OCC[C@H]1CNC(=O)c1cn(Cc2cccs2)nn1. The molecule has 24 heavy (non-hydrogen) atoms. The minimum absolute atomic E-state index is 0.0791. The minimum Gasteiger partial charge on any atom is -0.377 e. The molecule has 6 nitrogen and oxygen atoms in total. The van der Waals surface area contributed by atoms with Gasteiger partial charge < -0.3 is 10.1 Å². The molecule has 0 radical (unpaired) electrons. The average molecular weight is 348 g/mol. The number of hydrogen-bond acceptors (Lipinski definition) is 5. The molecule has 2 aromatic heterocycles. The number of carbonyl (C=O) groups excluding carboxylic acids is 1. The van der Waals surface area contributed by atoms with Crippen LogP contribution < -0.4 is 5.32 Å². The standard InChI is InChI=1S/C17H24N4O2S/c1-17(2,3)15-12(6-7-23-15)9-18-16(22)14-11-21(20-19-14)10-13-5-4-8-24-13/h4-5,8,11-12,15H,6-7,9-10H2,1-3H3,(H,18,22)/t12-,15+/m0/s1. The summed E-state index contributed by atoms with van der Waals surface area (Å²) in [6.07, 6.45) is 2.85. The van der Waals surface area contributed by atoms with Gasteiger partial charge in [0.25, 0.3) is 5.91 Å². The highest BCUT2D eigenvalue weighted by molar-refractivity contribution is 7.09. The van der Waals surface area contributed by atoms with Gasteiger partial charge in [0, 0.05) is 23.9 Å². The van der Waals surface area contributed by atoms with E-state index < -0.39 is 0 Å². The molecule has 1 saturated heterocycles. The lowest BCUT2D eigenvalue weighted by atomic mass is 9.81. The molecule has 1 N–H and O–H groups in total. The first-order chi connectivity index (χ1) is 11.4. The molecular formula is C17H24N4O2S. The third-order valence-corrected chi connectivity index (χ3v) is 5.12. The summed E-state index contributed by atoms with van der Waals surface area (Å²) in [5, 5.41) is 13.0. The van der Waals surface area contributed by atoms with Crippen molar-refractivity contribution in [3.8, 4) is 0 Å². The maximum Gasteiger partial charge on any atom is 0.273 e. The topological polar surface area (TPSA) is 69.0 Å². The number of nitrogens with zero attached hydrogens (tertiary/aromatic N) is 3. The zero-order chi connectivity index (χ0) is 17.2. The van der Waals surface area contributed by atoms with Gasteiger partial charge in [-0.15, -0.1) is 16.4 Å². The van der Waals surface area contributed by atoms with Crippen molar-refractivity contribution in [2.75, 3.05) is 13.2 Å². The monoisotopic (exact) mass is 348 g/mol. The lowest BCUT2D eigenvalue weighted by Crippen LogP contribution is -2.38. The van der Waals surface area contributed by atoms with Crippen molar-refractivity contribution in [1.82, 2.24) is 20.3 Å². The normalized spacial score (nSPS) is 21.1. The second-order valence-electron chi connectivity index (χ2n) is 7.30. The Morgan fingerprint density at radius 2 is 2.33 bits per heavy atom. The number of rotatable bonds is 5. The summed E-state index contributed by atoms with van der Waals surface area (Å²) in [5.74, 6) is 0.169. The van der Waals surface area contributed by atoms with Gasteiger partial charge in [-0.3, -0.25) is 4.79 Å². The van der Waals surface area contributed by atoms with Crippen LogP contribution in [0.15, 0.2) is 23.7 Å². The molecule has 1 amide bonds. The molecule has 0 aliphatic carbocycles. The summed E-state index contributed by atoms with van der Waals surface area (Å²) in [6.45, 7) is 8.54. The Hall–Kier alpha value is -1.73. The van der Waals surface area contributed by atoms with Gasteiger partial charge in [-0.1, -0.05) is 32.1 Å². The van der Waals surface area contributed by atoms with Crippen molar-refractivity contribution >= 4 is 17.2 Å². The molecule has 0 bridgehead atoms. The van der Waals surface area contributed by atoms with Gasteiger partial charge in [-0.25, -0.2) is 4.68 Å². The summed E-state index contributed by atoms with van der Waals surface area (Å²) < 4.78 is 7.54. The van der Waals surface area contributed by atoms with Crippen LogP contribution in [0.25, 0.3) is 0 Å². The molecule has 2 aromatic rings. The van der Waals surface area contributed by atoms with Gasteiger partial charge in [-0.2, -0.15) is 0 Å². The van der Waals surface area contributed by atoms with Gasteiger partial charge >= 0.3 is 0 Å². The first-order valence-corrected chi connectivity index (χ1v) is 9.14. The van der Waals surface area contributed by atoms with E-state index in [9.17, 15) is 4.79 Å².